The van der Waals surface area contributed by atoms with Gasteiger partial charge in [0.05, 0.1) is 0 Å². The Morgan fingerprint density at radius 3 is 2.23 bits per heavy atom. The topological polar surface area (TPSA) is 3.24 Å². The number of hydrogen-bond donors (Lipinski definition) is 0. The summed E-state index contributed by atoms with van der Waals surface area (Å²) in [6, 6.07) is 0.731. The van der Waals surface area contributed by atoms with Crippen molar-refractivity contribution < 1.29 is 0 Å². The molecule has 1 rings (SSSR count). The van der Waals surface area contributed by atoms with Crippen LogP contribution in [-0.2, 0) is 0 Å². The Balaban J connectivity index is 2.13. The first-order chi connectivity index (χ1) is 6.02. The van der Waals surface area contributed by atoms with Crippen molar-refractivity contribution in [2.24, 2.45) is 17.8 Å². The number of nitrogens with zero attached hydrogens (tertiary/aromatic N) is 1. The van der Waals surface area contributed by atoms with E-state index in [9.17, 15) is 0 Å². The van der Waals surface area contributed by atoms with E-state index >= 15 is 0 Å². The number of hydrogen-bond acceptors (Lipinski definition) is 1. The molecule has 1 aliphatic carbocycles. The van der Waals surface area contributed by atoms with Gasteiger partial charge >= 0.3 is 0 Å². The van der Waals surface area contributed by atoms with Crippen molar-refractivity contribution in [2.45, 2.75) is 46.1 Å². The molecule has 0 aromatic carbocycles. The minimum atomic E-state index is 0.731. The molecule has 1 nitrogen and oxygen atoms in total. The molecule has 0 spiro atoms. The molecule has 1 aliphatic rings. The maximum absolute atomic E-state index is 2.39. The Morgan fingerprint density at radius 2 is 1.85 bits per heavy atom. The SMILES string of the molecule is CC1CC1CCC(C)C(C)N(C)C. The Kier molecular flexibility index (Phi) is 3.78. The van der Waals surface area contributed by atoms with Crippen LogP contribution in [-0.4, -0.2) is 25.0 Å². The summed E-state index contributed by atoms with van der Waals surface area (Å²) in [5.74, 6) is 2.95. The van der Waals surface area contributed by atoms with Gasteiger partial charge in [-0.25, -0.2) is 0 Å². The molecule has 4 atom stereocenters. The summed E-state index contributed by atoms with van der Waals surface area (Å²) in [5.41, 5.74) is 0. The molecule has 0 aromatic heterocycles. The van der Waals surface area contributed by atoms with E-state index in [1.807, 2.05) is 0 Å². The first-order valence-electron chi connectivity index (χ1n) is 5.68. The van der Waals surface area contributed by atoms with Gasteiger partial charge in [-0.3, -0.25) is 0 Å². The molecule has 0 N–H and O–H groups in total. The van der Waals surface area contributed by atoms with Crippen LogP contribution >= 0.6 is 0 Å². The summed E-state index contributed by atoms with van der Waals surface area (Å²) in [6.07, 6.45) is 4.36. The van der Waals surface area contributed by atoms with Crippen molar-refractivity contribution in [3.05, 3.63) is 0 Å². The molecule has 78 valence electrons. The van der Waals surface area contributed by atoms with Crippen molar-refractivity contribution in [2.75, 3.05) is 14.1 Å². The largest absolute Gasteiger partial charge is 0.306 e. The Hall–Kier alpha value is -0.0400. The molecule has 1 fully saturated rings. The quantitative estimate of drug-likeness (QED) is 0.633. The average Bonchev–Trinajstić information content (AvgIpc) is 2.76. The molecule has 0 bridgehead atoms. The second-order valence-electron chi connectivity index (χ2n) is 5.23. The zero-order chi connectivity index (χ0) is 10.0. The van der Waals surface area contributed by atoms with Crippen LogP contribution in [0.3, 0.4) is 0 Å². The van der Waals surface area contributed by atoms with E-state index in [0.717, 1.165) is 23.8 Å². The van der Waals surface area contributed by atoms with Crippen molar-refractivity contribution in [1.29, 1.82) is 0 Å². The monoisotopic (exact) mass is 183 g/mol. The summed E-state index contributed by atoms with van der Waals surface area (Å²) in [5, 5.41) is 0. The molecule has 1 heteroatoms. The average molecular weight is 183 g/mol. The number of rotatable bonds is 5. The summed E-state index contributed by atoms with van der Waals surface area (Å²) in [4.78, 5) is 2.33. The van der Waals surface area contributed by atoms with Gasteiger partial charge in [0.1, 0.15) is 0 Å². The van der Waals surface area contributed by atoms with Crippen LogP contribution in [0.15, 0.2) is 0 Å². The molecule has 0 aliphatic heterocycles. The van der Waals surface area contributed by atoms with Crippen LogP contribution in [0.2, 0.25) is 0 Å². The van der Waals surface area contributed by atoms with Crippen LogP contribution in [0.25, 0.3) is 0 Å². The smallest absolute Gasteiger partial charge is 0.00864 e. The van der Waals surface area contributed by atoms with E-state index in [2.05, 4.69) is 39.8 Å². The highest BCUT2D eigenvalue weighted by Crippen LogP contribution is 2.42. The van der Waals surface area contributed by atoms with E-state index in [4.69, 9.17) is 0 Å². The second-order valence-corrected chi connectivity index (χ2v) is 5.23. The normalized spacial score (nSPS) is 31.8. The van der Waals surface area contributed by atoms with Crippen molar-refractivity contribution in [3.63, 3.8) is 0 Å². The Bertz CT molecular complexity index is 153. The molecule has 13 heavy (non-hydrogen) atoms. The highest BCUT2D eigenvalue weighted by molar-refractivity contribution is 4.83. The predicted octanol–water partition coefficient (Wildman–Crippen LogP) is 3.01. The van der Waals surface area contributed by atoms with Crippen LogP contribution in [0.5, 0.6) is 0 Å². The fourth-order valence-electron chi connectivity index (χ4n) is 2.03. The van der Waals surface area contributed by atoms with Gasteiger partial charge < -0.3 is 4.90 Å². The lowest BCUT2D eigenvalue weighted by Gasteiger charge is -2.26. The van der Waals surface area contributed by atoms with Crippen molar-refractivity contribution >= 4 is 0 Å². The molecular formula is C12H25N. The standard InChI is InChI=1S/C12H25N/c1-9(11(3)13(4)5)6-7-12-8-10(12)2/h9-12H,6-8H2,1-5H3. The van der Waals surface area contributed by atoms with Gasteiger partial charge in [0, 0.05) is 6.04 Å². The lowest BCUT2D eigenvalue weighted by atomic mass is 9.95. The summed E-state index contributed by atoms with van der Waals surface area (Å²) in [7, 11) is 4.36. The fraction of sp³-hybridized carbons (Fsp3) is 1.00. The highest BCUT2D eigenvalue weighted by atomic mass is 15.1. The Labute approximate surface area is 83.5 Å². The van der Waals surface area contributed by atoms with E-state index in [1.165, 1.54) is 19.3 Å². The summed E-state index contributed by atoms with van der Waals surface area (Å²) in [6.45, 7) is 7.10. The minimum absolute atomic E-state index is 0.731. The lowest BCUT2D eigenvalue weighted by molar-refractivity contribution is 0.225. The molecule has 0 saturated heterocycles. The zero-order valence-corrected chi connectivity index (χ0v) is 9.88. The fourth-order valence-corrected chi connectivity index (χ4v) is 2.03. The summed E-state index contributed by atoms with van der Waals surface area (Å²) >= 11 is 0. The van der Waals surface area contributed by atoms with Crippen LogP contribution in [0.1, 0.15) is 40.0 Å². The van der Waals surface area contributed by atoms with Gasteiger partial charge in [-0.1, -0.05) is 13.8 Å². The van der Waals surface area contributed by atoms with Gasteiger partial charge in [-0.2, -0.15) is 0 Å². The third kappa shape index (κ3) is 3.30. The summed E-state index contributed by atoms with van der Waals surface area (Å²) < 4.78 is 0. The molecule has 0 heterocycles. The first kappa shape index (κ1) is 11.0. The van der Waals surface area contributed by atoms with Crippen LogP contribution < -0.4 is 0 Å². The van der Waals surface area contributed by atoms with Gasteiger partial charge in [0.15, 0.2) is 0 Å². The maximum atomic E-state index is 2.39. The van der Waals surface area contributed by atoms with Crippen LogP contribution in [0, 0.1) is 17.8 Å². The molecule has 4 unspecified atom stereocenters. The minimum Gasteiger partial charge on any atom is -0.306 e. The third-order valence-corrected chi connectivity index (χ3v) is 3.91. The first-order valence-corrected chi connectivity index (χ1v) is 5.68. The molecule has 1 saturated carbocycles. The van der Waals surface area contributed by atoms with Gasteiger partial charge in [-0.05, 0) is 58.0 Å². The lowest BCUT2D eigenvalue weighted by Crippen LogP contribution is -2.30. The molecule has 0 radical (unpaired) electrons. The van der Waals surface area contributed by atoms with E-state index < -0.39 is 0 Å². The molecular weight excluding hydrogens is 158 g/mol. The third-order valence-electron chi connectivity index (χ3n) is 3.91. The maximum Gasteiger partial charge on any atom is 0.00864 e. The Morgan fingerprint density at radius 1 is 1.31 bits per heavy atom. The molecule has 0 amide bonds. The van der Waals surface area contributed by atoms with Crippen molar-refractivity contribution in [1.82, 2.24) is 4.90 Å². The van der Waals surface area contributed by atoms with E-state index in [1.54, 1.807) is 0 Å². The van der Waals surface area contributed by atoms with Crippen molar-refractivity contribution in [3.8, 4) is 0 Å². The predicted molar refractivity (Wildman–Crippen MR) is 58.8 cm³/mol. The van der Waals surface area contributed by atoms with Crippen LogP contribution in [0.4, 0.5) is 0 Å². The van der Waals surface area contributed by atoms with E-state index in [0.29, 0.717) is 0 Å². The zero-order valence-electron chi connectivity index (χ0n) is 9.88. The second kappa shape index (κ2) is 4.45. The van der Waals surface area contributed by atoms with Gasteiger partial charge in [0.25, 0.3) is 0 Å². The van der Waals surface area contributed by atoms with Gasteiger partial charge in [0.2, 0.25) is 0 Å². The molecule has 0 aromatic rings. The van der Waals surface area contributed by atoms with Gasteiger partial charge in [-0.15, -0.1) is 0 Å². The van der Waals surface area contributed by atoms with E-state index in [-0.39, 0.29) is 0 Å². The highest BCUT2D eigenvalue weighted by Gasteiger charge is 2.32.